The van der Waals surface area contributed by atoms with Crippen molar-refractivity contribution >= 4 is 38.1 Å². The molecular weight excluding hydrogens is 440 g/mol. The third-order valence-corrected chi connectivity index (χ3v) is 6.67. The summed E-state index contributed by atoms with van der Waals surface area (Å²) in [7, 11) is -3.78. The van der Waals surface area contributed by atoms with Crippen LogP contribution in [0.25, 0.3) is 10.6 Å². The number of aromatic nitrogens is 2. The number of benzene rings is 2. The molecule has 1 aliphatic heterocycles. The van der Waals surface area contributed by atoms with Crippen LogP contribution in [-0.2, 0) is 14.8 Å². The number of nitrogens with zero attached hydrogens (tertiary/aromatic N) is 3. The minimum atomic E-state index is -3.78. The molecule has 1 N–H and O–H groups in total. The SMILES string of the molecule is CC(C(=O)Nc1nnc(-c2ccccc2)s1)N(c1ccc2c(c1)OCCO2)S(C)(=O)=O. The number of sulfonamides is 1. The van der Waals surface area contributed by atoms with Crippen molar-refractivity contribution in [1.82, 2.24) is 10.2 Å². The second kappa shape index (κ2) is 8.52. The van der Waals surface area contributed by atoms with Gasteiger partial charge in [0.05, 0.1) is 11.9 Å². The van der Waals surface area contributed by atoms with Gasteiger partial charge in [-0.25, -0.2) is 8.42 Å². The van der Waals surface area contributed by atoms with Crippen molar-refractivity contribution in [2.24, 2.45) is 0 Å². The van der Waals surface area contributed by atoms with Gasteiger partial charge in [0.15, 0.2) is 11.5 Å². The van der Waals surface area contributed by atoms with E-state index < -0.39 is 22.0 Å². The Hall–Kier alpha value is -3.18. The molecule has 31 heavy (non-hydrogen) atoms. The molecule has 1 unspecified atom stereocenters. The quantitative estimate of drug-likeness (QED) is 0.602. The summed E-state index contributed by atoms with van der Waals surface area (Å²) in [5, 5.41) is 11.7. The first-order valence-electron chi connectivity index (χ1n) is 9.42. The number of hydrogen-bond donors (Lipinski definition) is 1. The monoisotopic (exact) mass is 460 g/mol. The number of anilines is 2. The Bertz CT molecular complexity index is 1200. The predicted molar refractivity (Wildman–Crippen MR) is 118 cm³/mol. The van der Waals surface area contributed by atoms with Gasteiger partial charge in [0.25, 0.3) is 0 Å². The molecule has 3 aromatic rings. The van der Waals surface area contributed by atoms with Crippen molar-refractivity contribution in [3.8, 4) is 22.1 Å². The average Bonchev–Trinajstić information content (AvgIpc) is 3.22. The van der Waals surface area contributed by atoms with Gasteiger partial charge < -0.3 is 9.47 Å². The van der Waals surface area contributed by atoms with Crippen molar-refractivity contribution in [1.29, 1.82) is 0 Å². The third kappa shape index (κ3) is 4.62. The van der Waals surface area contributed by atoms with E-state index >= 15 is 0 Å². The van der Waals surface area contributed by atoms with E-state index in [0.717, 1.165) is 16.1 Å². The van der Waals surface area contributed by atoms with Crippen LogP contribution in [0, 0.1) is 0 Å². The van der Waals surface area contributed by atoms with Gasteiger partial charge in [-0.2, -0.15) is 0 Å². The summed E-state index contributed by atoms with van der Waals surface area (Å²) in [4.78, 5) is 12.9. The fourth-order valence-corrected chi connectivity index (χ4v) is 5.08. The number of amides is 1. The van der Waals surface area contributed by atoms with Gasteiger partial charge in [0.1, 0.15) is 24.3 Å². The summed E-state index contributed by atoms with van der Waals surface area (Å²) in [6, 6.07) is 13.2. The number of carbonyl (C=O) groups excluding carboxylic acids is 1. The molecule has 0 aliphatic carbocycles. The fourth-order valence-electron chi connectivity index (χ4n) is 3.16. The lowest BCUT2D eigenvalue weighted by Gasteiger charge is -2.29. The number of fused-ring (bicyclic) bond motifs is 1. The fraction of sp³-hybridized carbons (Fsp3) is 0.250. The first-order valence-corrected chi connectivity index (χ1v) is 12.1. The number of nitrogens with one attached hydrogen (secondary N) is 1. The lowest BCUT2D eigenvalue weighted by molar-refractivity contribution is -0.116. The van der Waals surface area contributed by atoms with Gasteiger partial charge in [0.2, 0.25) is 21.1 Å². The Morgan fingerprint density at radius 1 is 1.10 bits per heavy atom. The second-order valence-electron chi connectivity index (χ2n) is 6.83. The van der Waals surface area contributed by atoms with E-state index in [4.69, 9.17) is 9.47 Å². The molecule has 9 nitrogen and oxygen atoms in total. The van der Waals surface area contributed by atoms with Crippen molar-refractivity contribution in [3.63, 3.8) is 0 Å². The molecule has 1 atom stereocenters. The highest BCUT2D eigenvalue weighted by atomic mass is 32.2. The number of rotatable bonds is 6. The molecule has 2 heterocycles. The highest BCUT2D eigenvalue weighted by molar-refractivity contribution is 7.92. The van der Waals surface area contributed by atoms with E-state index in [-0.39, 0.29) is 5.13 Å². The van der Waals surface area contributed by atoms with Crippen molar-refractivity contribution in [2.45, 2.75) is 13.0 Å². The standard InChI is InChI=1S/C20H20N4O5S2/c1-13(18(25)21-20-23-22-19(30-20)14-6-4-3-5-7-14)24(31(2,26)27)15-8-9-16-17(12-15)29-11-10-28-16/h3-9,12-13H,10-11H2,1-2H3,(H,21,23,25). The lowest BCUT2D eigenvalue weighted by atomic mass is 10.2. The van der Waals surface area contributed by atoms with Gasteiger partial charge in [0, 0.05) is 11.6 Å². The zero-order chi connectivity index (χ0) is 22.0. The van der Waals surface area contributed by atoms with Crippen molar-refractivity contribution in [3.05, 3.63) is 48.5 Å². The summed E-state index contributed by atoms with van der Waals surface area (Å²) in [6.45, 7) is 2.30. The zero-order valence-electron chi connectivity index (χ0n) is 16.8. The smallest absolute Gasteiger partial charge is 0.249 e. The summed E-state index contributed by atoms with van der Waals surface area (Å²) < 4.78 is 37.1. The maximum atomic E-state index is 12.9. The summed E-state index contributed by atoms with van der Waals surface area (Å²) in [6.07, 6.45) is 1.05. The van der Waals surface area contributed by atoms with Crippen LogP contribution in [0.15, 0.2) is 48.5 Å². The normalized spacial score (nSPS) is 14.0. The second-order valence-corrected chi connectivity index (χ2v) is 9.67. The molecular formula is C20H20N4O5S2. The molecule has 0 spiro atoms. The Morgan fingerprint density at radius 2 is 1.81 bits per heavy atom. The number of carbonyl (C=O) groups is 1. The molecule has 0 saturated heterocycles. The molecule has 11 heteroatoms. The lowest BCUT2D eigenvalue weighted by Crippen LogP contribution is -2.45. The van der Waals surface area contributed by atoms with Gasteiger partial charge >= 0.3 is 0 Å². The van der Waals surface area contributed by atoms with E-state index in [9.17, 15) is 13.2 Å². The minimum Gasteiger partial charge on any atom is -0.486 e. The maximum absolute atomic E-state index is 12.9. The van der Waals surface area contributed by atoms with Crippen LogP contribution in [0.4, 0.5) is 10.8 Å². The topological polar surface area (TPSA) is 111 Å². The highest BCUT2D eigenvalue weighted by Crippen LogP contribution is 2.35. The highest BCUT2D eigenvalue weighted by Gasteiger charge is 2.31. The first-order chi connectivity index (χ1) is 14.8. The van der Waals surface area contributed by atoms with Crippen molar-refractivity contribution in [2.75, 3.05) is 29.1 Å². The van der Waals surface area contributed by atoms with Gasteiger partial charge in [-0.1, -0.05) is 41.7 Å². The Kier molecular flexibility index (Phi) is 5.79. The van der Waals surface area contributed by atoms with Crippen LogP contribution >= 0.6 is 11.3 Å². The Balaban J connectivity index is 1.56. The van der Waals surface area contributed by atoms with E-state index in [1.165, 1.54) is 18.3 Å². The number of ether oxygens (including phenoxy) is 2. The maximum Gasteiger partial charge on any atom is 0.249 e. The summed E-state index contributed by atoms with van der Waals surface area (Å²) in [5.74, 6) is 0.431. The summed E-state index contributed by atoms with van der Waals surface area (Å²) >= 11 is 1.21. The zero-order valence-corrected chi connectivity index (χ0v) is 18.4. The average molecular weight is 461 g/mol. The van der Waals surface area contributed by atoms with Gasteiger partial charge in [-0.15, -0.1) is 10.2 Å². The van der Waals surface area contributed by atoms with Crippen LogP contribution in [0.2, 0.25) is 0 Å². The Morgan fingerprint density at radius 3 is 2.52 bits per heavy atom. The molecule has 0 fully saturated rings. The molecule has 4 rings (SSSR count). The molecule has 0 radical (unpaired) electrons. The van der Waals surface area contributed by atoms with Crippen LogP contribution in [-0.4, -0.2) is 50.0 Å². The molecule has 1 aromatic heterocycles. The van der Waals surface area contributed by atoms with Gasteiger partial charge in [-0.05, 0) is 19.1 Å². The van der Waals surface area contributed by atoms with E-state index in [1.54, 1.807) is 18.2 Å². The van der Waals surface area contributed by atoms with E-state index in [0.29, 0.717) is 35.4 Å². The molecule has 0 saturated carbocycles. The first kappa shape index (κ1) is 21.1. The summed E-state index contributed by atoms with van der Waals surface area (Å²) in [5.41, 5.74) is 1.18. The van der Waals surface area contributed by atoms with E-state index in [1.807, 2.05) is 30.3 Å². The van der Waals surface area contributed by atoms with Crippen LogP contribution in [0.3, 0.4) is 0 Å². The molecule has 2 aromatic carbocycles. The minimum absolute atomic E-state index is 0.284. The molecule has 162 valence electrons. The molecule has 1 amide bonds. The predicted octanol–water partition coefficient (Wildman–Crippen LogP) is 2.77. The van der Waals surface area contributed by atoms with Crippen LogP contribution in [0.5, 0.6) is 11.5 Å². The van der Waals surface area contributed by atoms with Gasteiger partial charge in [-0.3, -0.25) is 14.4 Å². The van der Waals surface area contributed by atoms with Crippen LogP contribution in [0.1, 0.15) is 6.92 Å². The van der Waals surface area contributed by atoms with Crippen molar-refractivity contribution < 1.29 is 22.7 Å². The number of hydrogen-bond acceptors (Lipinski definition) is 8. The Labute approximate surface area is 183 Å². The molecule has 0 bridgehead atoms. The third-order valence-electron chi connectivity index (χ3n) is 4.54. The van der Waals surface area contributed by atoms with E-state index in [2.05, 4.69) is 15.5 Å². The largest absolute Gasteiger partial charge is 0.486 e. The van der Waals surface area contributed by atoms with Crippen LogP contribution < -0.4 is 19.1 Å². The molecule has 1 aliphatic rings.